The summed E-state index contributed by atoms with van der Waals surface area (Å²) in [6, 6.07) is 11.4. The maximum absolute atomic E-state index is 12.7. The number of halogens is 1. The number of nitrogens with one attached hydrogen (secondary N) is 1. The summed E-state index contributed by atoms with van der Waals surface area (Å²) >= 11 is 5.88. The Hall–Kier alpha value is -2.72. The fraction of sp³-hybridized carbons (Fsp3) is 0.200. The molecule has 0 radical (unpaired) electrons. The van der Waals surface area contributed by atoms with Crippen molar-refractivity contribution in [2.75, 3.05) is 31.6 Å². The van der Waals surface area contributed by atoms with Crippen LogP contribution in [0.15, 0.2) is 62.6 Å². The van der Waals surface area contributed by atoms with Gasteiger partial charge in [-0.25, -0.2) is 8.42 Å². The molecule has 156 valence electrons. The van der Waals surface area contributed by atoms with E-state index in [1.165, 1.54) is 40.7 Å². The van der Waals surface area contributed by atoms with E-state index in [0.717, 1.165) is 6.07 Å². The first kappa shape index (κ1) is 20.5. The molecule has 0 aliphatic carbocycles. The Morgan fingerprint density at radius 1 is 1.03 bits per heavy atom. The highest BCUT2D eigenvalue weighted by Crippen LogP contribution is 2.21. The summed E-state index contributed by atoms with van der Waals surface area (Å²) in [5, 5.41) is 3.26. The van der Waals surface area contributed by atoms with E-state index in [2.05, 4.69) is 5.32 Å². The third-order valence-corrected chi connectivity index (χ3v) is 6.78. The molecule has 10 heteroatoms. The summed E-state index contributed by atoms with van der Waals surface area (Å²) in [5.74, 6) is -0.799. The molecular formula is C20H17ClN2O6S. The van der Waals surface area contributed by atoms with E-state index in [9.17, 15) is 18.0 Å². The molecule has 1 N–H and O–H groups in total. The molecule has 2 heterocycles. The molecule has 1 aliphatic heterocycles. The number of benzene rings is 2. The van der Waals surface area contributed by atoms with Crippen LogP contribution in [0.2, 0.25) is 5.02 Å². The van der Waals surface area contributed by atoms with Crippen LogP contribution >= 0.6 is 11.6 Å². The van der Waals surface area contributed by atoms with Crippen LogP contribution in [0.5, 0.6) is 0 Å². The highest BCUT2D eigenvalue weighted by molar-refractivity contribution is 7.89. The number of nitrogens with zero attached hydrogens (tertiary/aromatic N) is 1. The third kappa shape index (κ3) is 4.10. The number of hydrogen-bond acceptors (Lipinski definition) is 6. The maximum Gasteiger partial charge on any atom is 0.291 e. The topological polar surface area (TPSA) is 106 Å². The summed E-state index contributed by atoms with van der Waals surface area (Å²) in [5.41, 5.74) is 0.208. The number of morpholine rings is 1. The lowest BCUT2D eigenvalue weighted by Gasteiger charge is -2.26. The number of carbonyl (C=O) groups is 1. The van der Waals surface area contributed by atoms with Gasteiger partial charge in [0.05, 0.1) is 23.5 Å². The lowest BCUT2D eigenvalue weighted by Crippen LogP contribution is -2.40. The molecular weight excluding hydrogens is 432 g/mol. The number of carbonyl (C=O) groups excluding carboxylic acids is 1. The number of hydrogen-bond donors (Lipinski definition) is 1. The highest BCUT2D eigenvalue weighted by Gasteiger charge is 2.26. The van der Waals surface area contributed by atoms with Gasteiger partial charge in [-0.3, -0.25) is 9.59 Å². The first-order valence-electron chi connectivity index (χ1n) is 9.07. The minimum atomic E-state index is -3.62. The molecule has 2 aromatic carbocycles. The Morgan fingerprint density at radius 3 is 2.43 bits per heavy atom. The van der Waals surface area contributed by atoms with Gasteiger partial charge < -0.3 is 14.5 Å². The van der Waals surface area contributed by atoms with E-state index in [4.69, 9.17) is 20.8 Å². The van der Waals surface area contributed by atoms with Gasteiger partial charge in [0.2, 0.25) is 10.0 Å². The van der Waals surface area contributed by atoms with Crippen molar-refractivity contribution >= 4 is 44.2 Å². The zero-order valence-electron chi connectivity index (χ0n) is 15.6. The lowest BCUT2D eigenvalue weighted by molar-refractivity contribution is 0.0730. The van der Waals surface area contributed by atoms with Crippen molar-refractivity contribution in [1.82, 2.24) is 4.31 Å². The standard InChI is InChI=1S/C20H17ClN2O6S/c21-13-1-6-18-16(11-13)17(24)12-19(29-18)20(25)22-14-2-4-15(5-3-14)30(26,27)23-7-9-28-10-8-23/h1-6,11-12H,7-10H2,(H,22,25). The smallest absolute Gasteiger partial charge is 0.291 e. The number of fused-ring (bicyclic) bond motifs is 1. The highest BCUT2D eigenvalue weighted by atomic mass is 35.5. The van der Waals surface area contributed by atoms with Crippen molar-refractivity contribution in [2.45, 2.75) is 4.90 Å². The maximum atomic E-state index is 12.7. The van der Waals surface area contributed by atoms with Crippen LogP contribution in [0.25, 0.3) is 11.0 Å². The Balaban J connectivity index is 1.53. The van der Waals surface area contributed by atoms with Gasteiger partial charge in [-0.1, -0.05) is 11.6 Å². The molecule has 1 amide bonds. The zero-order chi connectivity index (χ0) is 21.3. The van der Waals surface area contributed by atoms with Crippen LogP contribution in [0.4, 0.5) is 5.69 Å². The second kappa shape index (κ2) is 8.19. The normalized spacial score (nSPS) is 15.2. The van der Waals surface area contributed by atoms with Crippen LogP contribution in [0, 0.1) is 0 Å². The van der Waals surface area contributed by atoms with Crippen molar-refractivity contribution < 1.29 is 22.4 Å². The van der Waals surface area contributed by atoms with Gasteiger partial charge >= 0.3 is 0 Å². The summed E-state index contributed by atoms with van der Waals surface area (Å²) in [6.07, 6.45) is 0. The second-order valence-electron chi connectivity index (χ2n) is 6.61. The minimum absolute atomic E-state index is 0.122. The predicted octanol–water partition coefficient (Wildman–Crippen LogP) is 2.72. The number of sulfonamides is 1. The molecule has 0 spiro atoms. The molecule has 0 atom stereocenters. The molecule has 1 aliphatic rings. The fourth-order valence-corrected chi connectivity index (χ4v) is 4.66. The van der Waals surface area contributed by atoms with Gasteiger partial charge in [-0.2, -0.15) is 4.31 Å². The third-order valence-electron chi connectivity index (χ3n) is 4.63. The van der Waals surface area contributed by atoms with Gasteiger partial charge in [0.1, 0.15) is 5.58 Å². The number of ether oxygens (including phenoxy) is 1. The molecule has 0 bridgehead atoms. The van der Waals surface area contributed by atoms with Gasteiger partial charge in [0, 0.05) is 29.9 Å². The predicted molar refractivity (Wildman–Crippen MR) is 111 cm³/mol. The molecule has 1 fully saturated rings. The Kier molecular flexibility index (Phi) is 5.61. The largest absolute Gasteiger partial charge is 0.451 e. The van der Waals surface area contributed by atoms with Crippen molar-refractivity contribution in [3.8, 4) is 0 Å². The quantitative estimate of drug-likeness (QED) is 0.657. The molecule has 1 aromatic heterocycles. The van der Waals surface area contributed by atoms with E-state index >= 15 is 0 Å². The first-order valence-corrected chi connectivity index (χ1v) is 10.9. The molecule has 1 saturated heterocycles. The van der Waals surface area contributed by atoms with Gasteiger partial charge in [-0.15, -0.1) is 0 Å². The van der Waals surface area contributed by atoms with E-state index in [1.807, 2.05) is 0 Å². The van der Waals surface area contributed by atoms with Crippen molar-refractivity contribution in [1.29, 1.82) is 0 Å². The van der Waals surface area contributed by atoms with E-state index < -0.39 is 21.4 Å². The number of amides is 1. The Morgan fingerprint density at radius 2 is 1.73 bits per heavy atom. The molecule has 8 nitrogen and oxygen atoms in total. The first-order chi connectivity index (χ1) is 14.3. The van der Waals surface area contributed by atoms with E-state index in [0.29, 0.717) is 37.0 Å². The Bertz CT molecular complexity index is 1260. The fourth-order valence-electron chi connectivity index (χ4n) is 3.08. The molecule has 4 rings (SSSR count). The summed E-state index contributed by atoms with van der Waals surface area (Å²) < 4.78 is 37.4. The summed E-state index contributed by atoms with van der Waals surface area (Å²) in [4.78, 5) is 24.9. The average molecular weight is 449 g/mol. The van der Waals surface area contributed by atoms with Crippen molar-refractivity contribution in [3.05, 3.63) is 69.5 Å². The monoisotopic (exact) mass is 448 g/mol. The molecule has 0 saturated carbocycles. The van der Waals surface area contributed by atoms with Crippen molar-refractivity contribution in [3.63, 3.8) is 0 Å². The van der Waals surface area contributed by atoms with Crippen LogP contribution in [-0.4, -0.2) is 44.9 Å². The van der Waals surface area contributed by atoms with E-state index in [1.54, 1.807) is 6.07 Å². The van der Waals surface area contributed by atoms with Crippen molar-refractivity contribution in [2.24, 2.45) is 0 Å². The summed E-state index contributed by atoms with van der Waals surface area (Å²) in [7, 11) is -3.62. The van der Waals surface area contributed by atoms with Crippen LogP contribution < -0.4 is 10.7 Å². The van der Waals surface area contributed by atoms with Crippen LogP contribution in [0.1, 0.15) is 10.6 Å². The number of anilines is 1. The van der Waals surface area contributed by atoms with Crippen LogP contribution in [0.3, 0.4) is 0 Å². The Labute approximate surface area is 177 Å². The van der Waals surface area contributed by atoms with Gasteiger partial charge in [0.15, 0.2) is 11.2 Å². The van der Waals surface area contributed by atoms with E-state index in [-0.39, 0.29) is 21.6 Å². The molecule has 3 aromatic rings. The van der Waals surface area contributed by atoms with Crippen LogP contribution in [-0.2, 0) is 14.8 Å². The number of rotatable bonds is 4. The van der Waals surface area contributed by atoms with Gasteiger partial charge in [0.25, 0.3) is 5.91 Å². The zero-order valence-corrected chi connectivity index (χ0v) is 17.2. The summed E-state index contributed by atoms with van der Waals surface area (Å²) in [6.45, 7) is 1.31. The average Bonchev–Trinajstić information content (AvgIpc) is 2.75. The molecule has 0 unspecified atom stereocenters. The molecule has 30 heavy (non-hydrogen) atoms. The van der Waals surface area contributed by atoms with Gasteiger partial charge in [-0.05, 0) is 42.5 Å². The second-order valence-corrected chi connectivity index (χ2v) is 8.98. The lowest BCUT2D eigenvalue weighted by atomic mass is 10.2. The minimum Gasteiger partial charge on any atom is -0.451 e. The SMILES string of the molecule is O=C(Nc1ccc(S(=O)(=O)N2CCOCC2)cc1)c1cc(=O)c2cc(Cl)ccc2o1.